The van der Waals surface area contributed by atoms with E-state index in [1.165, 1.54) is 19.1 Å². The smallest absolute Gasteiger partial charge is 0.355 e. The van der Waals surface area contributed by atoms with Gasteiger partial charge in [0, 0.05) is 11.3 Å². The molecule has 1 aliphatic heterocycles. The summed E-state index contributed by atoms with van der Waals surface area (Å²) in [5.74, 6) is -1.92. The zero-order valence-corrected chi connectivity index (χ0v) is 20.6. The second-order valence-corrected chi connectivity index (χ2v) is 8.49. The van der Waals surface area contributed by atoms with E-state index in [4.69, 9.17) is 15.2 Å². The van der Waals surface area contributed by atoms with E-state index in [1.54, 1.807) is 42.5 Å². The number of nitrogens with two attached hydrogens (primary N) is 1. The number of H-pyrrole nitrogens is 1. The van der Waals surface area contributed by atoms with E-state index in [0.717, 1.165) is 11.0 Å². The molecule has 1 aromatic heterocycles. The van der Waals surface area contributed by atoms with Crippen LogP contribution < -0.4 is 10.6 Å². The Hall–Kier alpha value is -5.36. The fraction of sp³-hybridized carbons (Fsp3) is 0.103. The highest BCUT2D eigenvalue weighted by atomic mass is 16.5. The molecule has 9 nitrogen and oxygen atoms in total. The molecule has 1 atom stereocenters. The van der Waals surface area contributed by atoms with Gasteiger partial charge >= 0.3 is 11.9 Å². The molecule has 3 N–H and O–H groups in total. The first-order valence-corrected chi connectivity index (χ1v) is 11.7. The monoisotopic (exact) mass is 505 g/mol. The minimum atomic E-state index is -0.933. The number of imidazole rings is 1. The number of nitrogens with zero attached hydrogens (tertiary/aromatic N) is 3. The van der Waals surface area contributed by atoms with Crippen LogP contribution in [0.4, 0.5) is 5.69 Å². The predicted molar refractivity (Wildman–Crippen MR) is 141 cm³/mol. The molecule has 3 aromatic carbocycles. The quantitative estimate of drug-likeness (QED) is 0.387. The van der Waals surface area contributed by atoms with Gasteiger partial charge in [0.15, 0.2) is 0 Å². The first kappa shape index (κ1) is 24.3. The van der Waals surface area contributed by atoms with Crippen molar-refractivity contribution in [2.75, 3.05) is 19.1 Å². The summed E-state index contributed by atoms with van der Waals surface area (Å²) in [5.41, 5.74) is 9.91. The number of allylic oxidation sites excluding steroid dienone is 1. The molecular weight excluding hydrogens is 482 g/mol. The lowest BCUT2D eigenvalue weighted by Crippen LogP contribution is -2.40. The highest BCUT2D eigenvalue weighted by Gasteiger charge is 2.43. The van der Waals surface area contributed by atoms with Gasteiger partial charge in [-0.3, -0.25) is 4.90 Å². The summed E-state index contributed by atoms with van der Waals surface area (Å²) in [7, 11) is 2.43. The largest absolute Gasteiger partial charge is 0.466 e. The Kier molecular flexibility index (Phi) is 6.37. The number of fused-ring (bicyclic) bond motifs is 1. The van der Waals surface area contributed by atoms with Crippen molar-refractivity contribution in [2.45, 2.75) is 5.92 Å². The number of rotatable bonds is 5. The lowest BCUT2D eigenvalue weighted by Gasteiger charge is -2.36. The molecule has 4 aromatic rings. The van der Waals surface area contributed by atoms with Gasteiger partial charge in [-0.1, -0.05) is 54.6 Å². The van der Waals surface area contributed by atoms with Crippen LogP contribution in [0.2, 0.25) is 0 Å². The number of hydrogen-bond donors (Lipinski definition) is 2. The van der Waals surface area contributed by atoms with Crippen LogP contribution in [-0.4, -0.2) is 36.1 Å². The van der Waals surface area contributed by atoms with Crippen molar-refractivity contribution in [1.29, 1.82) is 5.26 Å². The first-order chi connectivity index (χ1) is 18.5. The van der Waals surface area contributed by atoms with E-state index in [2.05, 4.69) is 16.0 Å². The van der Waals surface area contributed by atoms with Gasteiger partial charge in [0.2, 0.25) is 0 Å². The number of aromatic amines is 1. The van der Waals surface area contributed by atoms with Crippen molar-refractivity contribution >= 4 is 28.7 Å². The van der Waals surface area contributed by atoms with Crippen LogP contribution in [0.5, 0.6) is 0 Å². The van der Waals surface area contributed by atoms with Crippen molar-refractivity contribution in [1.82, 2.24) is 9.97 Å². The van der Waals surface area contributed by atoms with E-state index >= 15 is 0 Å². The molecule has 0 amide bonds. The number of benzene rings is 3. The Morgan fingerprint density at radius 1 is 0.974 bits per heavy atom. The van der Waals surface area contributed by atoms with Crippen molar-refractivity contribution in [3.05, 3.63) is 107 Å². The summed E-state index contributed by atoms with van der Waals surface area (Å²) in [6, 6.07) is 25.8. The second kappa shape index (κ2) is 9.95. The number of aromatic nitrogens is 2. The second-order valence-electron chi connectivity index (χ2n) is 8.49. The van der Waals surface area contributed by atoms with Crippen molar-refractivity contribution in [3.8, 4) is 17.5 Å². The molecular formula is C29H23N5O4. The molecule has 0 saturated heterocycles. The molecule has 1 unspecified atom stereocenters. The fourth-order valence-electron chi connectivity index (χ4n) is 4.66. The SMILES string of the molecule is COC(=O)C1=C(C(=O)OC)N(c2cccc(-c3nc4ccccc4[nH]3)c2)C(N)=C(C#N)C1c1ccccc1. The first-order valence-electron chi connectivity index (χ1n) is 11.7. The molecule has 1 aliphatic rings. The number of hydrogen-bond acceptors (Lipinski definition) is 8. The molecule has 188 valence electrons. The van der Waals surface area contributed by atoms with Gasteiger partial charge in [-0.2, -0.15) is 5.26 Å². The zero-order valence-electron chi connectivity index (χ0n) is 20.6. The Balaban J connectivity index is 1.75. The molecule has 0 radical (unpaired) electrons. The van der Waals surface area contributed by atoms with Gasteiger partial charge in [0.1, 0.15) is 17.3 Å². The van der Waals surface area contributed by atoms with Crippen LogP contribution in [0, 0.1) is 11.3 Å². The molecule has 0 spiro atoms. The van der Waals surface area contributed by atoms with Crippen LogP contribution in [0.1, 0.15) is 11.5 Å². The summed E-state index contributed by atoms with van der Waals surface area (Å²) < 4.78 is 10.2. The molecule has 38 heavy (non-hydrogen) atoms. The highest BCUT2D eigenvalue weighted by Crippen LogP contribution is 2.43. The Labute approximate surface area is 218 Å². The van der Waals surface area contributed by atoms with E-state index in [9.17, 15) is 14.9 Å². The third-order valence-corrected chi connectivity index (χ3v) is 6.38. The summed E-state index contributed by atoms with van der Waals surface area (Å²) >= 11 is 0. The van der Waals surface area contributed by atoms with Crippen LogP contribution in [0.3, 0.4) is 0 Å². The van der Waals surface area contributed by atoms with Gasteiger partial charge < -0.3 is 20.2 Å². The number of nitriles is 1. The molecule has 0 aliphatic carbocycles. The normalized spacial score (nSPS) is 15.4. The van der Waals surface area contributed by atoms with E-state index in [0.29, 0.717) is 22.6 Å². The average molecular weight is 506 g/mol. The zero-order chi connectivity index (χ0) is 26.8. The van der Waals surface area contributed by atoms with Gasteiger partial charge in [0.25, 0.3) is 0 Å². The van der Waals surface area contributed by atoms with Gasteiger partial charge in [-0.15, -0.1) is 0 Å². The number of nitrogens with one attached hydrogen (secondary N) is 1. The van der Waals surface area contributed by atoms with Crippen molar-refractivity contribution < 1.29 is 19.1 Å². The van der Waals surface area contributed by atoms with Gasteiger partial charge in [-0.25, -0.2) is 14.6 Å². The van der Waals surface area contributed by atoms with Crippen molar-refractivity contribution in [3.63, 3.8) is 0 Å². The summed E-state index contributed by atoms with van der Waals surface area (Å²) in [5, 5.41) is 10.2. The van der Waals surface area contributed by atoms with Gasteiger partial charge in [-0.05, 0) is 29.8 Å². The lowest BCUT2D eigenvalue weighted by atomic mass is 9.81. The van der Waals surface area contributed by atoms with E-state index in [1.807, 2.05) is 36.4 Å². The third kappa shape index (κ3) is 4.04. The minimum absolute atomic E-state index is 0.00355. The molecule has 2 heterocycles. The average Bonchev–Trinajstić information content (AvgIpc) is 3.40. The predicted octanol–water partition coefficient (Wildman–Crippen LogP) is 4.13. The Morgan fingerprint density at radius 2 is 1.68 bits per heavy atom. The molecule has 5 rings (SSSR count). The third-order valence-electron chi connectivity index (χ3n) is 6.38. The Bertz CT molecular complexity index is 1630. The Morgan fingerprint density at radius 3 is 2.37 bits per heavy atom. The van der Waals surface area contributed by atoms with Crippen molar-refractivity contribution in [2.24, 2.45) is 5.73 Å². The summed E-state index contributed by atoms with van der Waals surface area (Å²) in [4.78, 5) is 35.8. The maximum absolute atomic E-state index is 13.3. The standard InChI is InChI=1S/C29H23N5O4/c1-37-28(35)24-23(17-9-4-3-5-10-17)20(16-30)26(31)34(25(24)29(36)38-2)19-12-8-11-18(15-19)27-32-21-13-6-7-14-22(21)33-27/h3-15,23H,31H2,1-2H3,(H,32,33). The number of carbonyl (C=O) groups excluding carboxylic acids is 2. The molecule has 0 bridgehead atoms. The topological polar surface area (TPSA) is 134 Å². The van der Waals surface area contributed by atoms with Crippen LogP contribution in [0.15, 0.2) is 102 Å². The number of para-hydroxylation sites is 2. The minimum Gasteiger partial charge on any atom is -0.466 e. The van der Waals surface area contributed by atoms with E-state index < -0.39 is 17.9 Å². The maximum Gasteiger partial charge on any atom is 0.355 e. The van der Waals surface area contributed by atoms with Crippen LogP contribution >= 0.6 is 0 Å². The maximum atomic E-state index is 13.3. The highest BCUT2D eigenvalue weighted by molar-refractivity contribution is 6.06. The fourth-order valence-corrected chi connectivity index (χ4v) is 4.66. The number of esters is 2. The number of carbonyl (C=O) groups is 2. The van der Waals surface area contributed by atoms with Crippen LogP contribution in [-0.2, 0) is 19.1 Å². The summed E-state index contributed by atoms with van der Waals surface area (Å²) in [6.45, 7) is 0. The number of anilines is 1. The number of ether oxygens (including phenoxy) is 2. The number of methoxy groups -OCH3 is 2. The molecule has 9 heteroatoms. The molecule has 0 saturated carbocycles. The summed E-state index contributed by atoms with van der Waals surface area (Å²) in [6.07, 6.45) is 0. The van der Waals surface area contributed by atoms with Gasteiger partial charge in [0.05, 0.1) is 48.4 Å². The lowest BCUT2D eigenvalue weighted by molar-refractivity contribution is -0.139. The molecule has 0 fully saturated rings. The van der Waals surface area contributed by atoms with E-state index in [-0.39, 0.29) is 22.7 Å². The van der Waals surface area contributed by atoms with Crippen LogP contribution in [0.25, 0.3) is 22.4 Å².